The minimum Gasteiger partial charge on any atom is -0.461 e. The quantitative estimate of drug-likeness (QED) is 0.709. The van der Waals surface area contributed by atoms with Gasteiger partial charge >= 0.3 is 0 Å². The van der Waals surface area contributed by atoms with Crippen molar-refractivity contribution in [3.05, 3.63) is 35.7 Å². The van der Waals surface area contributed by atoms with Crippen molar-refractivity contribution in [2.45, 2.75) is 31.7 Å². The number of hydrogen-bond acceptors (Lipinski definition) is 7. The predicted molar refractivity (Wildman–Crippen MR) is 78.7 cm³/mol. The van der Waals surface area contributed by atoms with E-state index in [1.165, 1.54) is 0 Å². The van der Waals surface area contributed by atoms with Gasteiger partial charge in [-0.15, -0.1) is 5.10 Å². The molecule has 0 bridgehead atoms. The summed E-state index contributed by atoms with van der Waals surface area (Å²) in [5.41, 5.74) is 2.19. The van der Waals surface area contributed by atoms with Crippen LogP contribution >= 0.6 is 0 Å². The number of furan rings is 1. The highest BCUT2D eigenvalue weighted by Gasteiger charge is 2.29. The second-order valence-corrected chi connectivity index (χ2v) is 5.57. The Morgan fingerprint density at radius 1 is 1.43 bits per heavy atom. The first-order valence-electron chi connectivity index (χ1n) is 7.63. The van der Waals surface area contributed by atoms with E-state index in [0.717, 1.165) is 30.7 Å². The van der Waals surface area contributed by atoms with Crippen LogP contribution in [0.3, 0.4) is 0 Å². The monoisotopic (exact) mass is 315 g/mol. The van der Waals surface area contributed by atoms with Crippen molar-refractivity contribution < 1.29 is 13.7 Å². The fourth-order valence-electron chi connectivity index (χ4n) is 2.91. The van der Waals surface area contributed by atoms with E-state index in [2.05, 4.69) is 20.5 Å². The second kappa shape index (κ2) is 5.96. The molecule has 3 aromatic heterocycles. The van der Waals surface area contributed by atoms with Gasteiger partial charge in [0.15, 0.2) is 5.76 Å². The van der Waals surface area contributed by atoms with Crippen LogP contribution in [0.4, 0.5) is 0 Å². The van der Waals surface area contributed by atoms with E-state index in [1.54, 1.807) is 19.4 Å². The molecule has 1 aliphatic rings. The maximum Gasteiger partial charge on any atom is 0.238 e. The third kappa shape index (κ3) is 2.65. The highest BCUT2D eigenvalue weighted by atomic mass is 16.5. The summed E-state index contributed by atoms with van der Waals surface area (Å²) in [5, 5.41) is 12.5. The van der Waals surface area contributed by atoms with Gasteiger partial charge in [-0.2, -0.15) is 4.98 Å². The number of ether oxygens (including phenoxy) is 1. The van der Waals surface area contributed by atoms with Gasteiger partial charge < -0.3 is 13.7 Å². The zero-order valence-electron chi connectivity index (χ0n) is 12.8. The maximum atomic E-state index is 5.44. The Morgan fingerprint density at radius 3 is 3.22 bits per heavy atom. The number of methoxy groups -OCH3 is 1. The Bertz CT molecular complexity index is 777. The highest BCUT2D eigenvalue weighted by molar-refractivity contribution is 5.44. The molecule has 0 aromatic carbocycles. The van der Waals surface area contributed by atoms with Gasteiger partial charge in [-0.05, 0) is 25.0 Å². The molecule has 23 heavy (non-hydrogen) atoms. The van der Waals surface area contributed by atoms with Crippen LogP contribution in [-0.2, 0) is 24.1 Å². The highest BCUT2D eigenvalue weighted by Crippen LogP contribution is 2.31. The van der Waals surface area contributed by atoms with E-state index < -0.39 is 0 Å². The van der Waals surface area contributed by atoms with Crippen LogP contribution in [0, 0.1) is 0 Å². The zero-order chi connectivity index (χ0) is 15.6. The van der Waals surface area contributed by atoms with Crippen LogP contribution in [0.1, 0.15) is 29.6 Å². The van der Waals surface area contributed by atoms with Crippen molar-refractivity contribution in [3.63, 3.8) is 0 Å². The molecule has 0 saturated carbocycles. The lowest BCUT2D eigenvalue weighted by molar-refractivity contribution is 0.181. The van der Waals surface area contributed by atoms with Crippen molar-refractivity contribution in [1.29, 1.82) is 0 Å². The number of nitrogens with zero attached hydrogens (tertiary/aromatic N) is 5. The Morgan fingerprint density at radius 2 is 2.39 bits per heavy atom. The van der Waals surface area contributed by atoms with Crippen molar-refractivity contribution >= 4 is 0 Å². The van der Waals surface area contributed by atoms with Gasteiger partial charge in [-0.1, -0.05) is 10.4 Å². The lowest BCUT2D eigenvalue weighted by Crippen LogP contribution is -2.18. The lowest BCUT2D eigenvalue weighted by Gasteiger charge is -2.18. The molecule has 3 aromatic rings. The van der Waals surface area contributed by atoms with Crippen LogP contribution in [0.25, 0.3) is 11.6 Å². The fraction of sp³-hybridized carbons (Fsp3) is 0.467. The predicted octanol–water partition coefficient (Wildman–Crippen LogP) is 1.84. The largest absolute Gasteiger partial charge is 0.461 e. The molecule has 3 heterocycles. The third-order valence-corrected chi connectivity index (χ3v) is 4.13. The number of fused-ring (bicyclic) bond motifs is 1. The van der Waals surface area contributed by atoms with Crippen LogP contribution in [0.5, 0.6) is 0 Å². The van der Waals surface area contributed by atoms with E-state index in [4.69, 9.17) is 13.7 Å². The minimum atomic E-state index is 0.179. The van der Waals surface area contributed by atoms with E-state index in [1.807, 2.05) is 10.7 Å². The molecule has 1 atom stereocenters. The molecule has 1 unspecified atom stereocenters. The zero-order valence-corrected chi connectivity index (χ0v) is 12.8. The molecule has 0 amide bonds. The normalized spacial score (nSPS) is 17.3. The smallest absolute Gasteiger partial charge is 0.238 e. The average molecular weight is 315 g/mol. The summed E-state index contributed by atoms with van der Waals surface area (Å²) in [6, 6.07) is 3.62. The van der Waals surface area contributed by atoms with Crippen LogP contribution in [0.15, 0.2) is 27.3 Å². The van der Waals surface area contributed by atoms with Gasteiger partial charge in [-0.25, -0.2) is 4.68 Å². The molecule has 120 valence electrons. The first-order valence-corrected chi connectivity index (χ1v) is 7.63. The Hall–Kier alpha value is -2.48. The van der Waals surface area contributed by atoms with E-state index in [-0.39, 0.29) is 5.92 Å². The fourth-order valence-corrected chi connectivity index (χ4v) is 2.91. The molecule has 0 spiro atoms. The topological polar surface area (TPSA) is 92.0 Å². The average Bonchev–Trinajstić information content (AvgIpc) is 3.31. The standard InChI is InChI=1S/C15H17N5O3/c1-21-8-6-20-12-9-10(4-5-11(12)17-19-20)15-16-14(18-23-15)13-3-2-7-22-13/h2-3,7,10H,4-6,8-9H2,1H3. The summed E-state index contributed by atoms with van der Waals surface area (Å²) in [6.07, 6.45) is 4.19. The van der Waals surface area contributed by atoms with Gasteiger partial charge in [-0.3, -0.25) is 0 Å². The van der Waals surface area contributed by atoms with Gasteiger partial charge in [0.05, 0.1) is 30.8 Å². The molecule has 0 radical (unpaired) electrons. The Labute approximate surface area is 132 Å². The summed E-state index contributed by atoms with van der Waals surface area (Å²) < 4.78 is 17.8. The lowest BCUT2D eigenvalue weighted by atomic mass is 9.89. The molecule has 1 aliphatic carbocycles. The molecular weight excluding hydrogens is 298 g/mol. The first kappa shape index (κ1) is 14.1. The molecule has 4 rings (SSSR count). The van der Waals surface area contributed by atoms with Gasteiger partial charge in [0.2, 0.25) is 11.7 Å². The van der Waals surface area contributed by atoms with Crippen LogP contribution < -0.4 is 0 Å². The SMILES string of the molecule is COCCn1nnc2c1CC(c1nc(-c3ccco3)no1)CC2. The molecule has 8 heteroatoms. The number of hydrogen-bond donors (Lipinski definition) is 0. The van der Waals surface area contributed by atoms with Crippen LogP contribution in [0.2, 0.25) is 0 Å². The summed E-state index contributed by atoms with van der Waals surface area (Å²) in [7, 11) is 1.68. The molecule has 0 fully saturated rings. The van der Waals surface area contributed by atoms with Crippen molar-refractivity contribution in [3.8, 4) is 11.6 Å². The summed E-state index contributed by atoms with van der Waals surface area (Å²) in [6.45, 7) is 1.32. The number of rotatable bonds is 5. The Kier molecular flexibility index (Phi) is 3.66. The van der Waals surface area contributed by atoms with E-state index in [0.29, 0.717) is 30.6 Å². The van der Waals surface area contributed by atoms with Gasteiger partial charge in [0.1, 0.15) is 0 Å². The minimum absolute atomic E-state index is 0.179. The third-order valence-electron chi connectivity index (χ3n) is 4.13. The summed E-state index contributed by atoms with van der Waals surface area (Å²) in [5.74, 6) is 1.92. The van der Waals surface area contributed by atoms with Crippen LogP contribution in [-0.4, -0.2) is 38.9 Å². The second-order valence-electron chi connectivity index (χ2n) is 5.57. The van der Waals surface area contributed by atoms with Gasteiger partial charge in [0, 0.05) is 19.4 Å². The first-order chi connectivity index (χ1) is 11.3. The van der Waals surface area contributed by atoms with Crippen molar-refractivity contribution in [1.82, 2.24) is 25.1 Å². The molecule has 8 nitrogen and oxygen atoms in total. The van der Waals surface area contributed by atoms with E-state index in [9.17, 15) is 0 Å². The molecule has 0 saturated heterocycles. The molecular formula is C15H17N5O3. The summed E-state index contributed by atoms with van der Waals surface area (Å²) in [4.78, 5) is 4.48. The number of aryl methyl sites for hydroxylation is 1. The van der Waals surface area contributed by atoms with Crippen molar-refractivity contribution in [2.75, 3.05) is 13.7 Å². The van der Waals surface area contributed by atoms with E-state index >= 15 is 0 Å². The maximum absolute atomic E-state index is 5.44. The van der Waals surface area contributed by atoms with Crippen molar-refractivity contribution in [2.24, 2.45) is 0 Å². The van der Waals surface area contributed by atoms with Gasteiger partial charge in [0.25, 0.3) is 0 Å². The number of aromatic nitrogens is 5. The molecule has 0 aliphatic heterocycles. The Balaban J connectivity index is 1.54. The summed E-state index contributed by atoms with van der Waals surface area (Å²) >= 11 is 0. The molecule has 0 N–H and O–H groups in total.